The molecule has 0 aliphatic rings. The molecule has 1 unspecified atom stereocenters. The summed E-state index contributed by atoms with van der Waals surface area (Å²) in [7, 11) is 0. The van der Waals surface area contributed by atoms with E-state index in [-0.39, 0.29) is 6.04 Å². The molecule has 0 spiro atoms. The Hall–Kier alpha value is -0.480. The number of aromatic nitrogens is 1. The summed E-state index contributed by atoms with van der Waals surface area (Å²) in [6.45, 7) is 2.13. The van der Waals surface area contributed by atoms with Crippen LogP contribution in [0, 0.1) is 0 Å². The minimum absolute atomic E-state index is 0.256. The lowest BCUT2D eigenvalue weighted by atomic mass is 10.2. The van der Waals surface area contributed by atoms with Gasteiger partial charge in [-0.25, -0.2) is 4.98 Å². The van der Waals surface area contributed by atoms with Crippen molar-refractivity contribution in [3.63, 3.8) is 0 Å². The summed E-state index contributed by atoms with van der Waals surface area (Å²) in [5.74, 6) is 0.883. The quantitative estimate of drug-likeness (QED) is 0.713. The zero-order valence-electron chi connectivity index (χ0n) is 7.19. The molecule has 0 saturated carbocycles. The molecule has 4 heteroatoms. The maximum absolute atomic E-state index is 5.81. The molecule has 0 fully saturated rings. The molecule has 1 rings (SSSR count). The van der Waals surface area contributed by atoms with E-state index < -0.39 is 0 Å². The maximum atomic E-state index is 5.81. The third-order valence-corrected chi connectivity index (χ3v) is 2.53. The molecule has 1 aromatic rings. The van der Waals surface area contributed by atoms with Crippen LogP contribution in [-0.2, 0) is 0 Å². The van der Waals surface area contributed by atoms with E-state index in [1.807, 2.05) is 0 Å². The number of hydrogen-bond acceptors (Lipinski definition) is 4. The zero-order valence-corrected chi connectivity index (χ0v) is 8.01. The van der Waals surface area contributed by atoms with Crippen LogP contribution in [0.2, 0.25) is 0 Å². The Labute approximate surface area is 76.7 Å². The van der Waals surface area contributed by atoms with E-state index in [0.29, 0.717) is 5.22 Å². The van der Waals surface area contributed by atoms with Crippen molar-refractivity contribution in [2.75, 3.05) is 5.75 Å². The van der Waals surface area contributed by atoms with Crippen molar-refractivity contribution in [1.82, 2.24) is 4.98 Å². The highest BCUT2D eigenvalue weighted by molar-refractivity contribution is 7.99. The van der Waals surface area contributed by atoms with Gasteiger partial charge in [-0.15, -0.1) is 0 Å². The normalized spacial score (nSPS) is 13.2. The van der Waals surface area contributed by atoms with Crippen molar-refractivity contribution in [1.29, 1.82) is 0 Å². The Kier molecular flexibility index (Phi) is 4.18. The van der Waals surface area contributed by atoms with Gasteiger partial charge in [0.25, 0.3) is 5.22 Å². The van der Waals surface area contributed by atoms with Crippen molar-refractivity contribution < 1.29 is 4.42 Å². The zero-order chi connectivity index (χ0) is 8.81. The van der Waals surface area contributed by atoms with Gasteiger partial charge in [-0.1, -0.05) is 25.1 Å². The first-order chi connectivity index (χ1) is 5.83. The smallest absolute Gasteiger partial charge is 0.255 e. The SMILES string of the molecule is CCCC(N)CSc1ncco1. The van der Waals surface area contributed by atoms with E-state index in [0.717, 1.165) is 18.6 Å². The molecule has 68 valence electrons. The van der Waals surface area contributed by atoms with Gasteiger partial charge in [-0.2, -0.15) is 0 Å². The molecule has 1 heterocycles. The van der Waals surface area contributed by atoms with Gasteiger partial charge in [0, 0.05) is 11.8 Å². The second-order valence-corrected chi connectivity index (χ2v) is 3.63. The molecule has 0 radical (unpaired) electrons. The van der Waals surface area contributed by atoms with Gasteiger partial charge in [-0.05, 0) is 6.42 Å². The van der Waals surface area contributed by atoms with Crippen molar-refractivity contribution in [3.8, 4) is 0 Å². The Morgan fingerprint density at radius 1 is 1.75 bits per heavy atom. The lowest BCUT2D eigenvalue weighted by Crippen LogP contribution is -2.22. The van der Waals surface area contributed by atoms with Gasteiger partial charge < -0.3 is 10.2 Å². The Bertz CT molecular complexity index is 201. The number of thioether (sulfide) groups is 1. The topological polar surface area (TPSA) is 52.0 Å². The number of nitrogens with two attached hydrogens (primary N) is 1. The van der Waals surface area contributed by atoms with Gasteiger partial charge >= 0.3 is 0 Å². The molecule has 0 amide bonds. The fraction of sp³-hybridized carbons (Fsp3) is 0.625. The summed E-state index contributed by atoms with van der Waals surface area (Å²) in [6.07, 6.45) is 5.42. The van der Waals surface area contributed by atoms with Crippen molar-refractivity contribution >= 4 is 11.8 Å². The van der Waals surface area contributed by atoms with E-state index in [1.165, 1.54) is 0 Å². The summed E-state index contributed by atoms with van der Waals surface area (Å²) in [4.78, 5) is 3.99. The van der Waals surface area contributed by atoms with Gasteiger partial charge in [-0.3, -0.25) is 0 Å². The predicted molar refractivity (Wildman–Crippen MR) is 50.1 cm³/mol. The molecule has 0 bridgehead atoms. The Morgan fingerprint density at radius 3 is 3.17 bits per heavy atom. The molecule has 2 N–H and O–H groups in total. The lowest BCUT2D eigenvalue weighted by Gasteiger charge is -2.06. The minimum Gasteiger partial charge on any atom is -0.440 e. The number of hydrogen-bond donors (Lipinski definition) is 1. The van der Waals surface area contributed by atoms with Crippen LogP contribution in [0.5, 0.6) is 0 Å². The van der Waals surface area contributed by atoms with Crippen LogP contribution in [0.3, 0.4) is 0 Å². The first-order valence-electron chi connectivity index (χ1n) is 4.10. The monoisotopic (exact) mass is 186 g/mol. The maximum Gasteiger partial charge on any atom is 0.255 e. The first-order valence-corrected chi connectivity index (χ1v) is 5.09. The van der Waals surface area contributed by atoms with Crippen LogP contribution in [0.1, 0.15) is 19.8 Å². The highest BCUT2D eigenvalue weighted by Gasteiger charge is 2.04. The standard InChI is InChI=1S/C8H14N2OS/c1-2-3-7(9)6-12-8-10-4-5-11-8/h4-5,7H,2-3,6,9H2,1H3. The lowest BCUT2D eigenvalue weighted by molar-refractivity contribution is 0.453. The molecular formula is C8H14N2OS. The summed E-state index contributed by atoms with van der Waals surface area (Å²) in [5.41, 5.74) is 5.81. The van der Waals surface area contributed by atoms with E-state index in [1.54, 1.807) is 24.2 Å². The van der Waals surface area contributed by atoms with E-state index >= 15 is 0 Å². The molecule has 0 aliphatic heterocycles. The van der Waals surface area contributed by atoms with Crippen molar-refractivity contribution in [3.05, 3.63) is 12.5 Å². The summed E-state index contributed by atoms with van der Waals surface area (Å²) >= 11 is 1.57. The second kappa shape index (κ2) is 5.22. The summed E-state index contributed by atoms with van der Waals surface area (Å²) in [5, 5.41) is 0.710. The molecule has 12 heavy (non-hydrogen) atoms. The van der Waals surface area contributed by atoms with Crippen LogP contribution in [0.15, 0.2) is 22.1 Å². The third-order valence-electron chi connectivity index (χ3n) is 1.49. The van der Waals surface area contributed by atoms with Crippen molar-refractivity contribution in [2.45, 2.75) is 31.0 Å². The van der Waals surface area contributed by atoms with Crippen LogP contribution in [0.25, 0.3) is 0 Å². The average Bonchev–Trinajstić information content (AvgIpc) is 2.53. The highest BCUT2D eigenvalue weighted by Crippen LogP contribution is 2.16. The molecular weight excluding hydrogens is 172 g/mol. The van der Waals surface area contributed by atoms with E-state index in [4.69, 9.17) is 10.2 Å². The predicted octanol–water partition coefficient (Wildman–Crippen LogP) is 1.89. The van der Waals surface area contributed by atoms with Crippen molar-refractivity contribution in [2.24, 2.45) is 5.73 Å². The van der Waals surface area contributed by atoms with E-state index in [2.05, 4.69) is 11.9 Å². The first kappa shape index (κ1) is 9.61. The second-order valence-electron chi connectivity index (χ2n) is 2.66. The molecule has 0 aromatic carbocycles. The number of rotatable bonds is 5. The van der Waals surface area contributed by atoms with Crippen LogP contribution >= 0.6 is 11.8 Å². The Morgan fingerprint density at radius 2 is 2.58 bits per heavy atom. The Balaban J connectivity index is 2.17. The number of oxazole rings is 1. The van der Waals surface area contributed by atoms with Gasteiger partial charge in [0.1, 0.15) is 6.26 Å². The summed E-state index contributed by atoms with van der Waals surface area (Å²) in [6, 6.07) is 0.256. The molecule has 0 aliphatic carbocycles. The molecule has 3 nitrogen and oxygen atoms in total. The van der Waals surface area contributed by atoms with E-state index in [9.17, 15) is 0 Å². The van der Waals surface area contributed by atoms with Gasteiger partial charge in [0.05, 0.1) is 6.20 Å². The molecule has 1 aromatic heterocycles. The van der Waals surface area contributed by atoms with Crippen LogP contribution in [0.4, 0.5) is 0 Å². The van der Waals surface area contributed by atoms with Crippen LogP contribution < -0.4 is 5.73 Å². The number of nitrogens with zero attached hydrogens (tertiary/aromatic N) is 1. The largest absolute Gasteiger partial charge is 0.440 e. The molecule has 0 saturated heterocycles. The highest BCUT2D eigenvalue weighted by atomic mass is 32.2. The average molecular weight is 186 g/mol. The fourth-order valence-electron chi connectivity index (χ4n) is 0.914. The minimum atomic E-state index is 0.256. The molecule has 1 atom stereocenters. The van der Waals surface area contributed by atoms with Gasteiger partial charge in [0.2, 0.25) is 0 Å². The fourth-order valence-corrected chi connectivity index (χ4v) is 1.70. The third kappa shape index (κ3) is 3.28. The van der Waals surface area contributed by atoms with Gasteiger partial charge in [0.15, 0.2) is 0 Å². The summed E-state index contributed by atoms with van der Waals surface area (Å²) < 4.78 is 5.06. The van der Waals surface area contributed by atoms with Crippen LogP contribution in [-0.4, -0.2) is 16.8 Å².